The Labute approximate surface area is 65.6 Å². The predicted octanol–water partition coefficient (Wildman–Crippen LogP) is 1.33. The second kappa shape index (κ2) is 3.57. The van der Waals surface area contributed by atoms with E-state index in [0.717, 1.165) is 6.54 Å². The molecule has 0 unspecified atom stereocenters. The molecular weight excluding hydrogens is 138 g/mol. The van der Waals surface area contributed by atoms with Crippen molar-refractivity contribution >= 4 is 0 Å². The van der Waals surface area contributed by atoms with Crippen LogP contribution < -0.4 is 0 Å². The maximum absolute atomic E-state index is 8.45. The van der Waals surface area contributed by atoms with Crippen LogP contribution in [0.1, 0.15) is 12.5 Å². The van der Waals surface area contributed by atoms with Crippen LogP contribution in [0.2, 0.25) is 0 Å². The molecule has 1 rings (SSSR count). The third-order valence-corrected chi connectivity index (χ3v) is 1.29. The van der Waals surface area contributed by atoms with Crippen LogP contribution in [0.5, 0.6) is 0 Å². The van der Waals surface area contributed by atoms with Crippen molar-refractivity contribution < 1.29 is 0 Å². The molecule has 0 aromatic carbocycles. The van der Waals surface area contributed by atoms with Crippen LogP contribution in [0, 0.1) is 11.3 Å². The minimum absolute atomic E-state index is 0.606. The monoisotopic (exact) mass is 147 g/mol. The van der Waals surface area contributed by atoms with Gasteiger partial charge in [0.15, 0.2) is 0 Å². The predicted molar refractivity (Wildman–Crippen MR) is 41.8 cm³/mol. The van der Waals surface area contributed by atoms with Gasteiger partial charge in [0.05, 0.1) is 18.3 Å². The molecule has 0 bridgehead atoms. The number of hydrogen-bond acceptors (Lipinski definition) is 2. The van der Waals surface area contributed by atoms with Crippen LogP contribution in [-0.4, -0.2) is 9.78 Å². The largest absolute Gasteiger partial charge is 0.268 e. The number of nitrogens with zero attached hydrogens (tertiary/aromatic N) is 3. The fourth-order valence-corrected chi connectivity index (χ4v) is 0.735. The van der Waals surface area contributed by atoms with Crippen molar-refractivity contribution in [2.45, 2.75) is 13.5 Å². The molecule has 0 aliphatic rings. The first-order valence-electron chi connectivity index (χ1n) is 3.40. The molecular formula is C8H9N3. The maximum Gasteiger partial charge on any atom is 0.102 e. The Morgan fingerprint density at radius 1 is 1.82 bits per heavy atom. The number of rotatable bonds is 2. The summed E-state index contributed by atoms with van der Waals surface area (Å²) in [5.74, 6) is 0. The van der Waals surface area contributed by atoms with Crippen molar-refractivity contribution in [3.8, 4) is 6.07 Å². The van der Waals surface area contributed by atoms with E-state index in [-0.39, 0.29) is 0 Å². The minimum atomic E-state index is 0.606. The molecule has 0 N–H and O–H groups in total. The molecule has 3 heteroatoms. The molecule has 3 nitrogen and oxygen atoms in total. The van der Waals surface area contributed by atoms with E-state index in [1.807, 2.05) is 25.1 Å². The number of aromatic nitrogens is 2. The van der Waals surface area contributed by atoms with E-state index in [9.17, 15) is 0 Å². The molecule has 0 saturated heterocycles. The quantitative estimate of drug-likeness (QED) is 0.592. The first kappa shape index (κ1) is 7.55. The second-order valence-electron chi connectivity index (χ2n) is 2.13. The fourth-order valence-electron chi connectivity index (χ4n) is 0.735. The smallest absolute Gasteiger partial charge is 0.102 e. The van der Waals surface area contributed by atoms with E-state index in [1.165, 1.54) is 0 Å². The summed E-state index contributed by atoms with van der Waals surface area (Å²) in [6.45, 7) is 2.69. The highest BCUT2D eigenvalue weighted by Gasteiger charge is 1.92. The van der Waals surface area contributed by atoms with Crippen molar-refractivity contribution in [2.24, 2.45) is 0 Å². The minimum Gasteiger partial charge on any atom is -0.268 e. The zero-order valence-corrected chi connectivity index (χ0v) is 6.36. The first-order chi connectivity index (χ1) is 5.36. The number of allylic oxidation sites excluding steroid dienone is 2. The van der Waals surface area contributed by atoms with E-state index in [2.05, 4.69) is 5.10 Å². The van der Waals surface area contributed by atoms with Crippen molar-refractivity contribution in [1.82, 2.24) is 9.78 Å². The average Bonchev–Trinajstić information content (AvgIpc) is 2.48. The lowest BCUT2D eigenvalue weighted by atomic mass is 10.4. The van der Waals surface area contributed by atoms with Gasteiger partial charge >= 0.3 is 0 Å². The van der Waals surface area contributed by atoms with Crippen molar-refractivity contribution in [1.29, 1.82) is 5.26 Å². The molecule has 0 aliphatic carbocycles. The molecule has 1 heterocycles. The van der Waals surface area contributed by atoms with Crippen LogP contribution in [0.4, 0.5) is 0 Å². The van der Waals surface area contributed by atoms with Gasteiger partial charge in [-0.1, -0.05) is 12.2 Å². The Bertz CT molecular complexity index is 291. The molecule has 0 saturated carbocycles. The summed E-state index contributed by atoms with van der Waals surface area (Å²) in [6.07, 6.45) is 7.21. The van der Waals surface area contributed by atoms with Crippen molar-refractivity contribution in [3.05, 3.63) is 30.1 Å². The van der Waals surface area contributed by atoms with Gasteiger partial charge in [0, 0.05) is 6.20 Å². The summed E-state index contributed by atoms with van der Waals surface area (Å²) >= 11 is 0. The van der Waals surface area contributed by atoms with E-state index in [1.54, 1.807) is 17.1 Å². The van der Waals surface area contributed by atoms with Crippen LogP contribution in [0.25, 0.3) is 0 Å². The summed E-state index contributed by atoms with van der Waals surface area (Å²) in [7, 11) is 0. The highest BCUT2D eigenvalue weighted by atomic mass is 15.3. The zero-order valence-electron chi connectivity index (χ0n) is 6.36. The summed E-state index contributed by atoms with van der Waals surface area (Å²) < 4.78 is 1.72. The molecule has 1 aromatic rings. The molecule has 56 valence electrons. The second-order valence-corrected chi connectivity index (χ2v) is 2.13. The highest BCUT2D eigenvalue weighted by Crippen LogP contribution is 1.94. The van der Waals surface area contributed by atoms with E-state index in [4.69, 9.17) is 5.26 Å². The molecule has 0 radical (unpaired) electrons. The lowest BCUT2D eigenvalue weighted by molar-refractivity contribution is 0.701. The van der Waals surface area contributed by atoms with Crippen molar-refractivity contribution in [2.75, 3.05) is 0 Å². The fraction of sp³-hybridized carbons (Fsp3) is 0.250. The summed E-state index contributed by atoms with van der Waals surface area (Å²) in [5.41, 5.74) is 0.606. The van der Waals surface area contributed by atoms with Crippen LogP contribution in [0.15, 0.2) is 24.5 Å². The lowest BCUT2D eigenvalue weighted by Gasteiger charge is -1.90. The molecule has 0 atom stereocenters. The van der Waals surface area contributed by atoms with Gasteiger partial charge in [-0.15, -0.1) is 0 Å². The standard InChI is InChI=1S/C8H9N3/c1-2-3-4-11-7-8(5-9)6-10-11/h2-3,6-7H,4H2,1H3/b3-2+. The van der Waals surface area contributed by atoms with Gasteiger partial charge in [-0.2, -0.15) is 10.4 Å². The summed E-state index contributed by atoms with van der Waals surface area (Å²) in [4.78, 5) is 0. The van der Waals surface area contributed by atoms with Gasteiger partial charge in [-0.3, -0.25) is 4.68 Å². The van der Waals surface area contributed by atoms with Gasteiger partial charge in [0.25, 0.3) is 0 Å². The Morgan fingerprint density at radius 2 is 2.64 bits per heavy atom. The van der Waals surface area contributed by atoms with E-state index >= 15 is 0 Å². The Kier molecular flexibility index (Phi) is 2.45. The molecule has 0 aliphatic heterocycles. The zero-order chi connectivity index (χ0) is 8.10. The average molecular weight is 147 g/mol. The Hall–Kier alpha value is -1.56. The number of hydrogen-bond donors (Lipinski definition) is 0. The summed E-state index contributed by atoms with van der Waals surface area (Å²) in [5, 5.41) is 12.4. The van der Waals surface area contributed by atoms with E-state index in [0.29, 0.717) is 5.56 Å². The van der Waals surface area contributed by atoms with E-state index < -0.39 is 0 Å². The number of nitriles is 1. The topological polar surface area (TPSA) is 41.6 Å². The maximum atomic E-state index is 8.45. The third-order valence-electron chi connectivity index (χ3n) is 1.29. The highest BCUT2D eigenvalue weighted by molar-refractivity contribution is 5.21. The van der Waals surface area contributed by atoms with Crippen LogP contribution in [0.3, 0.4) is 0 Å². The van der Waals surface area contributed by atoms with Gasteiger partial charge in [0.2, 0.25) is 0 Å². The molecule has 0 spiro atoms. The van der Waals surface area contributed by atoms with Crippen LogP contribution >= 0.6 is 0 Å². The molecule has 1 aromatic heterocycles. The van der Waals surface area contributed by atoms with Crippen molar-refractivity contribution in [3.63, 3.8) is 0 Å². The van der Waals surface area contributed by atoms with Gasteiger partial charge in [-0.05, 0) is 6.92 Å². The van der Waals surface area contributed by atoms with Gasteiger partial charge < -0.3 is 0 Å². The first-order valence-corrected chi connectivity index (χ1v) is 3.40. The Balaban J connectivity index is 2.67. The van der Waals surface area contributed by atoms with Gasteiger partial charge in [0.1, 0.15) is 6.07 Å². The normalized spacial score (nSPS) is 10.2. The Morgan fingerprint density at radius 3 is 3.18 bits per heavy atom. The lowest BCUT2D eigenvalue weighted by Crippen LogP contribution is -1.93. The SMILES string of the molecule is C/C=C/Cn1cc(C#N)cn1. The van der Waals surface area contributed by atoms with Gasteiger partial charge in [-0.25, -0.2) is 0 Å². The van der Waals surface area contributed by atoms with Crippen LogP contribution in [-0.2, 0) is 6.54 Å². The third kappa shape index (κ3) is 1.94. The molecule has 11 heavy (non-hydrogen) atoms. The molecule has 0 amide bonds. The molecule has 0 fully saturated rings. The summed E-state index contributed by atoms with van der Waals surface area (Å²) in [6, 6.07) is 2.02.